The first-order chi connectivity index (χ1) is 11.7. The normalized spacial score (nSPS) is 11.0. The van der Waals surface area contributed by atoms with Gasteiger partial charge in [-0.1, -0.05) is 70.4 Å². The fourth-order valence-corrected chi connectivity index (χ4v) is 2.62. The molecule has 0 fully saturated rings. The van der Waals surface area contributed by atoms with Gasteiger partial charge in [-0.2, -0.15) is 0 Å². The van der Waals surface area contributed by atoms with E-state index in [9.17, 15) is 9.59 Å². The number of rotatable bonds is 17. The summed E-state index contributed by atoms with van der Waals surface area (Å²) < 4.78 is 0. The van der Waals surface area contributed by atoms with E-state index >= 15 is 0 Å². The van der Waals surface area contributed by atoms with Gasteiger partial charge in [0.15, 0.2) is 0 Å². The number of aliphatic carboxylic acids is 1. The Morgan fingerprint density at radius 2 is 1.29 bits per heavy atom. The Kier molecular flexibility index (Phi) is 17.0. The van der Waals surface area contributed by atoms with E-state index in [0.717, 1.165) is 25.7 Å². The second-order valence-corrected chi connectivity index (χ2v) is 6.50. The van der Waals surface area contributed by atoms with Crippen LogP contribution in [0.4, 0.5) is 0 Å². The van der Waals surface area contributed by atoms with E-state index in [1.54, 1.807) is 0 Å². The molecule has 0 aromatic heterocycles. The topological polar surface area (TPSA) is 66.4 Å². The summed E-state index contributed by atoms with van der Waals surface area (Å²) in [6.07, 6.45) is 21.1. The number of carbonyl (C=O) groups is 2. The van der Waals surface area contributed by atoms with Gasteiger partial charge in [0, 0.05) is 6.42 Å². The fourth-order valence-electron chi connectivity index (χ4n) is 2.62. The van der Waals surface area contributed by atoms with Crippen LogP contribution < -0.4 is 5.32 Å². The van der Waals surface area contributed by atoms with Crippen LogP contribution in [0.5, 0.6) is 0 Å². The summed E-state index contributed by atoms with van der Waals surface area (Å²) in [6, 6.07) is 0. The largest absolute Gasteiger partial charge is 0.480 e. The van der Waals surface area contributed by atoms with Gasteiger partial charge >= 0.3 is 5.97 Å². The van der Waals surface area contributed by atoms with E-state index in [4.69, 9.17) is 5.11 Å². The molecule has 0 aliphatic rings. The van der Waals surface area contributed by atoms with Crippen LogP contribution in [0.15, 0.2) is 12.2 Å². The number of nitrogens with one attached hydrogen (secondary N) is 1. The standard InChI is InChI=1S/C20H37NO3/c1-2-3-4-5-6-7-8-9-10-11-12-13-14-15-16-17-19(22)21-18-20(23)24/h11-12H,2-10,13-18H2,1H3,(H,21,22)(H,23,24)/b12-11-. The molecule has 140 valence electrons. The van der Waals surface area contributed by atoms with Crippen molar-refractivity contribution < 1.29 is 14.7 Å². The number of hydrogen-bond donors (Lipinski definition) is 2. The predicted molar refractivity (Wildman–Crippen MR) is 100 cm³/mol. The third-order valence-corrected chi connectivity index (χ3v) is 4.10. The minimum atomic E-state index is -0.995. The highest BCUT2D eigenvalue weighted by Gasteiger charge is 2.02. The maximum Gasteiger partial charge on any atom is 0.322 e. The molecule has 0 aliphatic heterocycles. The molecule has 1 amide bonds. The summed E-state index contributed by atoms with van der Waals surface area (Å²) in [4.78, 5) is 21.6. The second-order valence-electron chi connectivity index (χ2n) is 6.50. The molecule has 0 rings (SSSR count). The van der Waals surface area contributed by atoms with Crippen LogP contribution in [-0.4, -0.2) is 23.5 Å². The van der Waals surface area contributed by atoms with Gasteiger partial charge in [0.2, 0.25) is 5.91 Å². The Morgan fingerprint density at radius 1 is 0.792 bits per heavy atom. The average molecular weight is 340 g/mol. The lowest BCUT2D eigenvalue weighted by Crippen LogP contribution is -2.28. The predicted octanol–water partition coefficient (Wildman–Crippen LogP) is 5.22. The number of carbonyl (C=O) groups excluding carboxylic acids is 1. The van der Waals surface area contributed by atoms with Gasteiger partial charge in [0.1, 0.15) is 6.54 Å². The third-order valence-electron chi connectivity index (χ3n) is 4.10. The van der Waals surface area contributed by atoms with Crippen molar-refractivity contribution in [1.29, 1.82) is 0 Å². The van der Waals surface area contributed by atoms with Gasteiger partial charge in [-0.3, -0.25) is 9.59 Å². The van der Waals surface area contributed by atoms with E-state index in [0.29, 0.717) is 6.42 Å². The maximum atomic E-state index is 11.3. The molecular formula is C20H37NO3. The zero-order valence-electron chi connectivity index (χ0n) is 15.5. The van der Waals surface area contributed by atoms with Gasteiger partial charge in [0.25, 0.3) is 0 Å². The van der Waals surface area contributed by atoms with Crippen LogP contribution in [0, 0.1) is 0 Å². The lowest BCUT2D eigenvalue weighted by molar-refractivity contribution is -0.137. The summed E-state index contributed by atoms with van der Waals surface area (Å²) in [5, 5.41) is 10.8. The Balaban J connectivity index is 3.21. The number of carboxylic acids is 1. The van der Waals surface area contributed by atoms with Crippen LogP contribution in [-0.2, 0) is 9.59 Å². The van der Waals surface area contributed by atoms with Gasteiger partial charge in [-0.05, 0) is 32.1 Å². The lowest BCUT2D eigenvalue weighted by Gasteiger charge is -2.01. The van der Waals surface area contributed by atoms with Crippen molar-refractivity contribution in [3.63, 3.8) is 0 Å². The summed E-state index contributed by atoms with van der Waals surface area (Å²) in [7, 11) is 0. The zero-order chi connectivity index (χ0) is 17.9. The monoisotopic (exact) mass is 339 g/mol. The van der Waals surface area contributed by atoms with Crippen LogP contribution >= 0.6 is 0 Å². The smallest absolute Gasteiger partial charge is 0.322 e. The molecule has 0 spiro atoms. The molecule has 24 heavy (non-hydrogen) atoms. The first-order valence-electron chi connectivity index (χ1n) is 9.80. The van der Waals surface area contributed by atoms with Gasteiger partial charge in [-0.25, -0.2) is 0 Å². The molecular weight excluding hydrogens is 302 g/mol. The van der Waals surface area contributed by atoms with Crippen molar-refractivity contribution in [2.45, 2.75) is 96.8 Å². The Bertz CT molecular complexity index is 340. The molecule has 0 saturated carbocycles. The van der Waals surface area contributed by atoms with Gasteiger partial charge in [-0.15, -0.1) is 0 Å². The molecule has 2 N–H and O–H groups in total. The van der Waals surface area contributed by atoms with Crippen molar-refractivity contribution >= 4 is 11.9 Å². The van der Waals surface area contributed by atoms with Crippen molar-refractivity contribution in [3.05, 3.63) is 12.2 Å². The van der Waals surface area contributed by atoms with E-state index in [1.165, 1.54) is 57.8 Å². The number of allylic oxidation sites excluding steroid dienone is 2. The summed E-state index contributed by atoms with van der Waals surface area (Å²) in [6.45, 7) is 1.98. The highest BCUT2D eigenvalue weighted by Crippen LogP contribution is 2.10. The minimum absolute atomic E-state index is 0.164. The average Bonchev–Trinajstić information content (AvgIpc) is 2.56. The SMILES string of the molecule is CCCCCCCCCC/C=C\CCCCCC(=O)NCC(=O)O. The van der Waals surface area contributed by atoms with E-state index in [1.807, 2.05) is 0 Å². The fraction of sp³-hybridized carbons (Fsp3) is 0.800. The van der Waals surface area contributed by atoms with Crippen LogP contribution in [0.2, 0.25) is 0 Å². The van der Waals surface area contributed by atoms with Crippen LogP contribution in [0.1, 0.15) is 96.8 Å². The Labute approximate surface area is 148 Å². The molecule has 0 aromatic rings. The van der Waals surface area contributed by atoms with E-state index in [-0.39, 0.29) is 12.5 Å². The molecule has 0 saturated heterocycles. The molecule has 0 bridgehead atoms. The number of amides is 1. The molecule has 4 heteroatoms. The van der Waals surface area contributed by atoms with Crippen LogP contribution in [0.25, 0.3) is 0 Å². The van der Waals surface area contributed by atoms with E-state index in [2.05, 4.69) is 24.4 Å². The zero-order valence-corrected chi connectivity index (χ0v) is 15.5. The third kappa shape index (κ3) is 18.7. The van der Waals surface area contributed by atoms with Crippen molar-refractivity contribution in [2.75, 3.05) is 6.54 Å². The second kappa shape index (κ2) is 18.0. The molecule has 0 heterocycles. The summed E-state index contributed by atoms with van der Waals surface area (Å²) in [5.41, 5.74) is 0. The molecule has 0 aliphatic carbocycles. The Morgan fingerprint density at radius 3 is 1.83 bits per heavy atom. The van der Waals surface area contributed by atoms with Crippen LogP contribution in [0.3, 0.4) is 0 Å². The molecule has 0 radical (unpaired) electrons. The first-order valence-corrected chi connectivity index (χ1v) is 9.80. The number of unbranched alkanes of at least 4 members (excludes halogenated alkanes) is 11. The minimum Gasteiger partial charge on any atom is -0.480 e. The first kappa shape index (κ1) is 22.7. The number of hydrogen-bond acceptors (Lipinski definition) is 2. The highest BCUT2D eigenvalue weighted by atomic mass is 16.4. The van der Waals surface area contributed by atoms with Crippen molar-refractivity contribution in [2.24, 2.45) is 0 Å². The summed E-state index contributed by atoms with van der Waals surface area (Å²) in [5.74, 6) is -1.16. The maximum absolute atomic E-state index is 11.3. The quantitative estimate of drug-likeness (QED) is 0.282. The van der Waals surface area contributed by atoms with Gasteiger partial charge < -0.3 is 10.4 Å². The highest BCUT2D eigenvalue weighted by molar-refractivity contribution is 5.80. The Hall–Kier alpha value is -1.32. The van der Waals surface area contributed by atoms with Crippen molar-refractivity contribution in [1.82, 2.24) is 5.32 Å². The molecule has 0 atom stereocenters. The van der Waals surface area contributed by atoms with E-state index < -0.39 is 5.97 Å². The van der Waals surface area contributed by atoms with Gasteiger partial charge in [0.05, 0.1) is 0 Å². The lowest BCUT2D eigenvalue weighted by atomic mass is 10.1. The molecule has 0 aromatic carbocycles. The van der Waals surface area contributed by atoms with Crippen molar-refractivity contribution in [3.8, 4) is 0 Å². The summed E-state index contributed by atoms with van der Waals surface area (Å²) >= 11 is 0. The molecule has 4 nitrogen and oxygen atoms in total. The molecule has 0 unspecified atom stereocenters. The number of carboxylic acid groups (broad SMARTS) is 1.